The first-order valence-electron chi connectivity index (χ1n) is 12.2. The topological polar surface area (TPSA) is 43.4 Å². The molecule has 0 radical (unpaired) electrons. The van der Waals surface area contributed by atoms with Gasteiger partial charge in [-0.25, -0.2) is 0 Å². The third-order valence-electron chi connectivity index (χ3n) is 5.39. The molecule has 0 bridgehead atoms. The van der Waals surface area contributed by atoms with Gasteiger partial charge in [-0.2, -0.15) is 0 Å². The fourth-order valence-electron chi connectivity index (χ4n) is 3.42. The lowest BCUT2D eigenvalue weighted by Crippen LogP contribution is -1.99. The molecule has 0 aliphatic carbocycles. The summed E-state index contributed by atoms with van der Waals surface area (Å²) in [4.78, 5) is 21.6. The average molecular weight is 419 g/mol. The van der Waals surface area contributed by atoms with Gasteiger partial charge in [-0.15, -0.1) is 0 Å². The number of esters is 1. The minimum absolute atomic E-state index is 0.0651. The molecule has 0 spiro atoms. The van der Waals surface area contributed by atoms with Crippen molar-refractivity contribution in [3.8, 4) is 0 Å². The van der Waals surface area contributed by atoms with E-state index in [2.05, 4.69) is 11.7 Å². The third kappa shape index (κ3) is 19.7. The van der Waals surface area contributed by atoms with Crippen molar-refractivity contribution >= 4 is 11.8 Å². The van der Waals surface area contributed by atoms with Crippen LogP contribution in [-0.2, 0) is 9.53 Å². The second-order valence-corrected chi connectivity index (χ2v) is 8.20. The summed E-state index contributed by atoms with van der Waals surface area (Å²) in [5, 5.41) is 0. The number of ketones is 1. The largest absolute Gasteiger partial charge is 0.469 e. The number of carbonyl (C=O) groups excluding carboxylic acids is 2. The highest BCUT2D eigenvalue weighted by Gasteiger charge is 1.99. The number of hydrogen-bond donors (Lipinski definition) is 0. The number of unbranched alkanes of at least 4 members (excludes halogenated alkanes) is 14. The number of carbonyl (C=O) groups is 2. The molecule has 0 saturated carbocycles. The standard InChI is InChI=1S/C19H38O2.C8H8O/c1-3-4-5-6-7-8-9-10-11-12-13-14-15-16-17-18-19(20)21-2;1-7(9)8-5-3-2-4-6-8/h3-18H2,1-2H3;2-6H,1H3. The molecule has 3 nitrogen and oxygen atoms in total. The molecular formula is C27H46O3. The van der Waals surface area contributed by atoms with E-state index in [1.54, 1.807) is 6.92 Å². The molecule has 0 fully saturated rings. The highest BCUT2D eigenvalue weighted by molar-refractivity contribution is 5.93. The Bertz CT molecular complexity index is 510. The molecule has 1 rings (SSSR count). The molecule has 0 amide bonds. The minimum atomic E-state index is -0.0651. The van der Waals surface area contributed by atoms with Crippen molar-refractivity contribution in [1.29, 1.82) is 0 Å². The molecule has 1 aromatic carbocycles. The van der Waals surface area contributed by atoms with Crippen molar-refractivity contribution in [2.24, 2.45) is 0 Å². The molecule has 0 N–H and O–H groups in total. The van der Waals surface area contributed by atoms with Crippen molar-refractivity contribution in [1.82, 2.24) is 0 Å². The van der Waals surface area contributed by atoms with Gasteiger partial charge < -0.3 is 4.74 Å². The van der Waals surface area contributed by atoms with Gasteiger partial charge in [0.1, 0.15) is 0 Å². The Morgan fingerprint density at radius 1 is 0.667 bits per heavy atom. The summed E-state index contributed by atoms with van der Waals surface area (Å²) < 4.78 is 4.63. The Morgan fingerprint density at radius 2 is 1.07 bits per heavy atom. The van der Waals surface area contributed by atoms with Gasteiger partial charge in [0, 0.05) is 12.0 Å². The Kier molecular flexibility index (Phi) is 20.8. The molecule has 0 atom stereocenters. The second kappa shape index (κ2) is 22.1. The quantitative estimate of drug-likeness (QED) is 0.145. The zero-order valence-electron chi connectivity index (χ0n) is 19.9. The maximum absolute atomic E-state index is 10.9. The smallest absolute Gasteiger partial charge is 0.305 e. The first kappa shape index (κ1) is 28.4. The Hall–Kier alpha value is -1.64. The van der Waals surface area contributed by atoms with E-state index in [9.17, 15) is 9.59 Å². The van der Waals surface area contributed by atoms with E-state index in [0.717, 1.165) is 12.0 Å². The van der Waals surface area contributed by atoms with Crippen molar-refractivity contribution < 1.29 is 14.3 Å². The number of methoxy groups -OCH3 is 1. The van der Waals surface area contributed by atoms with E-state index in [4.69, 9.17) is 0 Å². The number of Topliss-reactive ketones (excluding diaryl/α,β-unsaturated/α-hetero) is 1. The monoisotopic (exact) mass is 418 g/mol. The summed E-state index contributed by atoms with van der Waals surface area (Å²) in [6.45, 7) is 3.84. The molecule has 0 aromatic heterocycles. The first-order chi connectivity index (χ1) is 14.6. The van der Waals surface area contributed by atoms with Gasteiger partial charge in [0.2, 0.25) is 0 Å². The Balaban J connectivity index is 0.000000769. The zero-order valence-corrected chi connectivity index (χ0v) is 19.9. The molecule has 1 aromatic rings. The first-order valence-corrected chi connectivity index (χ1v) is 12.2. The van der Waals surface area contributed by atoms with Crippen molar-refractivity contribution in [3.05, 3.63) is 35.9 Å². The van der Waals surface area contributed by atoms with Gasteiger partial charge >= 0.3 is 5.97 Å². The van der Waals surface area contributed by atoms with Crippen molar-refractivity contribution in [2.45, 2.75) is 117 Å². The minimum Gasteiger partial charge on any atom is -0.469 e. The third-order valence-corrected chi connectivity index (χ3v) is 5.39. The van der Waals surface area contributed by atoms with E-state index in [-0.39, 0.29) is 11.8 Å². The van der Waals surface area contributed by atoms with E-state index in [1.165, 1.54) is 97.0 Å². The Labute approximate surface area is 186 Å². The lowest BCUT2D eigenvalue weighted by molar-refractivity contribution is -0.140. The highest BCUT2D eigenvalue weighted by atomic mass is 16.5. The van der Waals surface area contributed by atoms with Crippen LogP contribution in [0.5, 0.6) is 0 Å². The summed E-state index contributed by atoms with van der Waals surface area (Å²) in [6, 6.07) is 9.23. The summed E-state index contributed by atoms with van der Waals surface area (Å²) >= 11 is 0. The van der Waals surface area contributed by atoms with E-state index in [0.29, 0.717) is 6.42 Å². The zero-order chi connectivity index (χ0) is 22.3. The van der Waals surface area contributed by atoms with Crippen LogP contribution in [0.1, 0.15) is 127 Å². The molecule has 172 valence electrons. The van der Waals surface area contributed by atoms with Crippen LogP contribution < -0.4 is 0 Å². The van der Waals surface area contributed by atoms with Gasteiger partial charge in [0.15, 0.2) is 5.78 Å². The maximum atomic E-state index is 10.9. The maximum Gasteiger partial charge on any atom is 0.305 e. The van der Waals surface area contributed by atoms with E-state index < -0.39 is 0 Å². The fourth-order valence-corrected chi connectivity index (χ4v) is 3.42. The number of hydrogen-bond acceptors (Lipinski definition) is 3. The van der Waals surface area contributed by atoms with Crippen LogP contribution in [0, 0.1) is 0 Å². The van der Waals surface area contributed by atoms with Gasteiger partial charge in [0.25, 0.3) is 0 Å². The van der Waals surface area contributed by atoms with Crippen LogP contribution in [0.25, 0.3) is 0 Å². The highest BCUT2D eigenvalue weighted by Crippen LogP contribution is 2.13. The van der Waals surface area contributed by atoms with Gasteiger partial charge in [-0.1, -0.05) is 127 Å². The normalized spacial score (nSPS) is 10.2. The summed E-state index contributed by atoms with van der Waals surface area (Å²) in [6.07, 6.45) is 20.9. The van der Waals surface area contributed by atoms with Crippen LogP contribution in [0.2, 0.25) is 0 Å². The summed E-state index contributed by atoms with van der Waals surface area (Å²) in [5.74, 6) is 0.0558. The van der Waals surface area contributed by atoms with Crippen molar-refractivity contribution in [3.63, 3.8) is 0 Å². The molecule has 0 unspecified atom stereocenters. The number of rotatable bonds is 17. The van der Waals surface area contributed by atoms with E-state index >= 15 is 0 Å². The van der Waals surface area contributed by atoms with Gasteiger partial charge in [0.05, 0.1) is 7.11 Å². The SMILES string of the molecule is CC(=O)c1ccccc1.CCCCCCCCCCCCCCCCCC(=O)OC. The molecule has 30 heavy (non-hydrogen) atoms. The second-order valence-electron chi connectivity index (χ2n) is 8.20. The summed E-state index contributed by atoms with van der Waals surface area (Å²) in [7, 11) is 1.47. The average Bonchev–Trinajstić information content (AvgIpc) is 2.77. The van der Waals surface area contributed by atoms with Crippen LogP contribution >= 0.6 is 0 Å². The predicted molar refractivity (Wildman–Crippen MR) is 128 cm³/mol. The van der Waals surface area contributed by atoms with E-state index in [1.807, 2.05) is 30.3 Å². The van der Waals surface area contributed by atoms with Crippen LogP contribution in [0.15, 0.2) is 30.3 Å². The molecular weight excluding hydrogens is 372 g/mol. The predicted octanol–water partition coefficient (Wildman–Crippen LogP) is 8.31. The summed E-state index contributed by atoms with van der Waals surface area (Å²) in [5.41, 5.74) is 0.775. The number of ether oxygens (including phenoxy) is 1. The lowest BCUT2D eigenvalue weighted by atomic mass is 10.0. The molecule has 0 saturated heterocycles. The molecule has 0 aliphatic heterocycles. The molecule has 0 heterocycles. The van der Waals surface area contributed by atoms with Gasteiger partial charge in [-0.3, -0.25) is 9.59 Å². The van der Waals surface area contributed by atoms with Gasteiger partial charge in [-0.05, 0) is 13.3 Å². The van der Waals surface area contributed by atoms with Crippen LogP contribution in [0.4, 0.5) is 0 Å². The lowest BCUT2D eigenvalue weighted by Gasteiger charge is -2.03. The molecule has 0 aliphatic rings. The molecule has 3 heteroatoms. The van der Waals surface area contributed by atoms with Crippen molar-refractivity contribution in [2.75, 3.05) is 7.11 Å². The Morgan fingerprint density at radius 3 is 1.40 bits per heavy atom. The fraction of sp³-hybridized carbons (Fsp3) is 0.704. The van der Waals surface area contributed by atoms with Crippen LogP contribution in [0.3, 0.4) is 0 Å². The number of benzene rings is 1. The van der Waals surface area contributed by atoms with Crippen LogP contribution in [-0.4, -0.2) is 18.9 Å².